The highest BCUT2D eigenvalue weighted by Gasteiger charge is 2.48. The number of hydrogen-bond donors (Lipinski definition) is 0. The maximum atomic E-state index is 13.2. The fourth-order valence-corrected chi connectivity index (χ4v) is 5.01. The molecule has 134 valence electrons. The number of benzene rings is 1. The first kappa shape index (κ1) is 16.1. The predicted octanol–water partition coefficient (Wildman–Crippen LogP) is 2.22. The summed E-state index contributed by atoms with van der Waals surface area (Å²) in [4.78, 5) is 44.3. The number of nitrogens with zero attached hydrogens (tertiary/aromatic N) is 3. The first-order valence-corrected chi connectivity index (χ1v) is 9.44. The number of fused-ring (bicyclic) bond motifs is 4. The van der Waals surface area contributed by atoms with Gasteiger partial charge in [-0.1, -0.05) is 30.3 Å². The van der Waals surface area contributed by atoms with Gasteiger partial charge in [0.15, 0.2) is 5.78 Å². The average Bonchev–Trinajstić information content (AvgIpc) is 3.31. The number of thiophene rings is 1. The zero-order valence-electron chi connectivity index (χ0n) is 14.7. The van der Waals surface area contributed by atoms with Crippen molar-refractivity contribution in [3.8, 4) is 0 Å². The first-order valence-electron chi connectivity index (χ1n) is 8.56. The molecule has 0 spiro atoms. The van der Waals surface area contributed by atoms with Crippen molar-refractivity contribution in [1.29, 1.82) is 0 Å². The minimum atomic E-state index is -0.543. The molecule has 2 aromatic heterocycles. The quantitative estimate of drug-likeness (QED) is 0.653. The lowest BCUT2D eigenvalue weighted by Crippen LogP contribution is -2.43. The van der Waals surface area contributed by atoms with Crippen molar-refractivity contribution in [3.05, 3.63) is 84.2 Å². The van der Waals surface area contributed by atoms with Crippen LogP contribution in [0, 0.1) is 5.92 Å². The van der Waals surface area contributed by atoms with Gasteiger partial charge >= 0.3 is 5.69 Å². The molecule has 2 atom stereocenters. The second kappa shape index (κ2) is 5.47. The van der Waals surface area contributed by atoms with E-state index in [9.17, 15) is 14.4 Å². The summed E-state index contributed by atoms with van der Waals surface area (Å²) in [6, 6.07) is 11.2. The molecule has 0 saturated carbocycles. The topological polar surface area (TPSA) is 73.4 Å². The van der Waals surface area contributed by atoms with Crippen LogP contribution in [0.5, 0.6) is 0 Å². The molecule has 0 saturated heterocycles. The van der Waals surface area contributed by atoms with Crippen LogP contribution in [-0.2, 0) is 14.1 Å². The Hall–Kier alpha value is -3.06. The molecule has 5 rings (SSSR count). The number of hydrogen-bond acceptors (Lipinski definition) is 5. The van der Waals surface area contributed by atoms with Crippen LogP contribution in [-0.4, -0.2) is 20.6 Å². The Morgan fingerprint density at radius 1 is 0.926 bits per heavy atom. The maximum Gasteiger partial charge on any atom is 0.332 e. The summed E-state index contributed by atoms with van der Waals surface area (Å²) in [5.41, 5.74) is 1.65. The van der Waals surface area contributed by atoms with Crippen molar-refractivity contribution >= 4 is 28.6 Å². The Balaban J connectivity index is 1.93. The van der Waals surface area contributed by atoms with Crippen LogP contribution in [0.25, 0.3) is 0 Å². The van der Waals surface area contributed by atoms with Crippen LogP contribution in [0.15, 0.2) is 56.4 Å². The molecule has 0 bridgehead atoms. The van der Waals surface area contributed by atoms with Gasteiger partial charge in [-0.05, 0) is 11.4 Å². The molecule has 3 aromatic rings. The highest BCUT2D eigenvalue weighted by molar-refractivity contribution is 7.10. The van der Waals surface area contributed by atoms with Crippen molar-refractivity contribution in [2.75, 3.05) is 0 Å². The Kier molecular flexibility index (Phi) is 3.27. The van der Waals surface area contributed by atoms with E-state index in [1.807, 2.05) is 35.7 Å². The van der Waals surface area contributed by atoms with E-state index in [0.29, 0.717) is 22.7 Å². The maximum absolute atomic E-state index is 13.2. The van der Waals surface area contributed by atoms with Crippen LogP contribution in [0.1, 0.15) is 32.3 Å². The van der Waals surface area contributed by atoms with E-state index in [1.54, 1.807) is 13.1 Å². The lowest BCUT2D eigenvalue weighted by Gasteiger charge is -2.28. The third-order valence-electron chi connectivity index (χ3n) is 5.43. The van der Waals surface area contributed by atoms with Gasteiger partial charge in [-0.25, -0.2) is 9.79 Å². The summed E-state index contributed by atoms with van der Waals surface area (Å²) >= 11 is 1.50. The van der Waals surface area contributed by atoms with Gasteiger partial charge in [0.1, 0.15) is 5.82 Å². The summed E-state index contributed by atoms with van der Waals surface area (Å²) in [7, 11) is 3.07. The molecule has 6 nitrogen and oxygen atoms in total. The second-order valence-corrected chi connectivity index (χ2v) is 7.80. The molecule has 3 heterocycles. The molecule has 1 aliphatic carbocycles. The van der Waals surface area contributed by atoms with E-state index in [2.05, 4.69) is 4.99 Å². The van der Waals surface area contributed by atoms with Crippen LogP contribution >= 0.6 is 11.3 Å². The molecule has 0 amide bonds. The Morgan fingerprint density at radius 3 is 2.37 bits per heavy atom. The molecule has 7 heteroatoms. The summed E-state index contributed by atoms with van der Waals surface area (Å²) in [5, 5.41) is 1.93. The Labute approximate surface area is 158 Å². The zero-order chi connectivity index (χ0) is 18.9. The van der Waals surface area contributed by atoms with Crippen molar-refractivity contribution in [1.82, 2.24) is 9.13 Å². The predicted molar refractivity (Wildman–Crippen MR) is 104 cm³/mol. The van der Waals surface area contributed by atoms with Gasteiger partial charge in [-0.15, -0.1) is 11.3 Å². The lowest BCUT2D eigenvalue weighted by atomic mass is 9.80. The molecule has 0 fully saturated rings. The molecule has 2 aliphatic rings. The molecule has 1 aromatic carbocycles. The third-order valence-corrected chi connectivity index (χ3v) is 6.39. The number of Topliss-reactive ketones (excluding diaryl/α,β-unsaturated/α-hetero) is 1. The number of carbonyl (C=O) groups is 1. The molecular weight excluding hydrogens is 362 g/mol. The number of carbonyl (C=O) groups excluding carboxylic acids is 1. The van der Waals surface area contributed by atoms with Crippen LogP contribution in [0.4, 0.5) is 5.82 Å². The number of rotatable bonds is 1. The molecular formula is C20H15N3O3S. The SMILES string of the molecule is Cn1c2c(c(=O)n(C)c1=O)C(c1cccs1)C1C(=O)c3ccccc3C1=N2. The van der Waals surface area contributed by atoms with Gasteiger partial charge in [0, 0.05) is 36.0 Å². The van der Waals surface area contributed by atoms with Crippen molar-refractivity contribution in [2.24, 2.45) is 25.0 Å². The van der Waals surface area contributed by atoms with Gasteiger partial charge in [-0.2, -0.15) is 0 Å². The van der Waals surface area contributed by atoms with E-state index < -0.39 is 23.1 Å². The zero-order valence-corrected chi connectivity index (χ0v) is 15.5. The number of aromatic nitrogens is 2. The summed E-state index contributed by atoms with van der Waals surface area (Å²) in [5.74, 6) is -0.668. The van der Waals surface area contributed by atoms with Gasteiger partial charge < -0.3 is 0 Å². The van der Waals surface area contributed by atoms with Crippen molar-refractivity contribution in [2.45, 2.75) is 5.92 Å². The fraction of sp³-hybridized carbons (Fsp3) is 0.200. The van der Waals surface area contributed by atoms with Crippen LogP contribution in [0.2, 0.25) is 0 Å². The van der Waals surface area contributed by atoms with Gasteiger partial charge in [0.25, 0.3) is 5.56 Å². The average molecular weight is 377 g/mol. The largest absolute Gasteiger partial charge is 0.332 e. The van der Waals surface area contributed by atoms with Gasteiger partial charge in [0.2, 0.25) is 0 Å². The smallest absolute Gasteiger partial charge is 0.293 e. The van der Waals surface area contributed by atoms with Crippen LogP contribution in [0.3, 0.4) is 0 Å². The monoisotopic (exact) mass is 377 g/mol. The normalized spacial score (nSPS) is 20.1. The second-order valence-electron chi connectivity index (χ2n) is 6.82. The number of ketones is 1. The first-order chi connectivity index (χ1) is 13.0. The minimum Gasteiger partial charge on any atom is -0.293 e. The van der Waals surface area contributed by atoms with Gasteiger partial charge in [0.05, 0.1) is 17.2 Å². The number of aliphatic imine (C=N–C) groups is 1. The van der Waals surface area contributed by atoms with Crippen molar-refractivity contribution in [3.63, 3.8) is 0 Å². The molecule has 1 aliphatic heterocycles. The lowest BCUT2D eigenvalue weighted by molar-refractivity contribution is 0.0953. The van der Waals surface area contributed by atoms with Gasteiger partial charge in [-0.3, -0.25) is 18.7 Å². The minimum absolute atomic E-state index is 0.0238. The Morgan fingerprint density at radius 2 is 1.67 bits per heavy atom. The van der Waals surface area contributed by atoms with E-state index >= 15 is 0 Å². The molecule has 0 N–H and O–H groups in total. The van der Waals surface area contributed by atoms with E-state index in [-0.39, 0.29) is 5.78 Å². The third kappa shape index (κ3) is 2.00. The standard InChI is InChI=1S/C20H15N3O3S/c1-22-18-15(19(25)23(2)20(22)26)13(12-8-5-9-27-12)14-16(21-18)10-6-3-4-7-11(10)17(14)24/h3-9,13-14H,1-2H3. The molecule has 27 heavy (non-hydrogen) atoms. The highest BCUT2D eigenvalue weighted by Crippen LogP contribution is 2.47. The molecule has 2 unspecified atom stereocenters. The summed E-state index contributed by atoms with van der Waals surface area (Å²) in [6.07, 6.45) is 0. The fourth-order valence-electron chi connectivity index (χ4n) is 4.14. The summed E-state index contributed by atoms with van der Waals surface area (Å²) < 4.78 is 2.48. The highest BCUT2D eigenvalue weighted by atomic mass is 32.1. The van der Waals surface area contributed by atoms with Crippen molar-refractivity contribution < 1.29 is 4.79 Å². The summed E-state index contributed by atoms with van der Waals surface area (Å²) in [6.45, 7) is 0. The van der Waals surface area contributed by atoms with E-state index in [1.165, 1.54) is 23.0 Å². The molecule has 0 radical (unpaired) electrons. The Bertz CT molecular complexity index is 1260. The van der Waals surface area contributed by atoms with E-state index in [4.69, 9.17) is 0 Å². The van der Waals surface area contributed by atoms with Crippen LogP contribution < -0.4 is 11.2 Å². The van der Waals surface area contributed by atoms with E-state index in [0.717, 1.165) is 15.0 Å².